The molecule has 0 saturated carbocycles. The molecule has 0 heterocycles. The van der Waals surface area contributed by atoms with Crippen molar-refractivity contribution < 1.29 is 27.6 Å². The number of amides is 1. The number of alkyl halides is 3. The average Bonchev–Trinajstić information content (AvgIpc) is 2.60. The second kappa shape index (κ2) is 8.39. The fourth-order valence-corrected chi connectivity index (χ4v) is 2.20. The fraction of sp³-hybridized carbons (Fsp3) is 0.235. The van der Waals surface area contributed by atoms with Crippen LogP contribution in [0.15, 0.2) is 42.5 Å². The molecule has 2 N–H and O–H groups in total. The molecule has 0 aliphatic carbocycles. The van der Waals surface area contributed by atoms with Crippen LogP contribution in [0, 0.1) is 10.1 Å². The first kappa shape index (κ1) is 20.0. The number of halogens is 3. The maximum atomic E-state index is 12.5. The van der Waals surface area contributed by atoms with Gasteiger partial charge in [-0.25, -0.2) is 4.79 Å². The minimum Gasteiger partial charge on any atom is -0.450 e. The number of nitrogens with zero attached hydrogens (tertiary/aromatic N) is 1. The van der Waals surface area contributed by atoms with E-state index in [1.54, 1.807) is 13.0 Å². The van der Waals surface area contributed by atoms with Crippen molar-refractivity contribution in [1.82, 2.24) is 0 Å². The molecule has 2 aromatic rings. The smallest absolute Gasteiger partial charge is 0.416 e. The van der Waals surface area contributed by atoms with Crippen LogP contribution in [-0.2, 0) is 17.5 Å². The molecule has 0 spiro atoms. The van der Waals surface area contributed by atoms with Gasteiger partial charge in [-0.3, -0.25) is 15.4 Å². The molecule has 0 saturated heterocycles. The maximum Gasteiger partial charge on any atom is 0.416 e. The molecule has 2 aromatic carbocycles. The summed E-state index contributed by atoms with van der Waals surface area (Å²) in [6.07, 6.45) is -5.22. The van der Waals surface area contributed by atoms with E-state index in [1.165, 1.54) is 24.3 Å². The third kappa shape index (κ3) is 5.59. The van der Waals surface area contributed by atoms with Gasteiger partial charge in [0.15, 0.2) is 0 Å². The second-order valence-corrected chi connectivity index (χ2v) is 5.38. The zero-order chi connectivity index (χ0) is 20.0. The average molecular weight is 383 g/mol. The highest BCUT2D eigenvalue weighted by Gasteiger charge is 2.29. The summed E-state index contributed by atoms with van der Waals surface area (Å²) in [5.74, 6) is 0. The summed E-state index contributed by atoms with van der Waals surface area (Å²) in [6, 6.07) is 8.60. The lowest BCUT2D eigenvalue weighted by atomic mass is 10.1. The molecule has 1 amide bonds. The third-order valence-corrected chi connectivity index (χ3v) is 3.48. The number of ether oxygens (including phenoxy) is 1. The van der Waals surface area contributed by atoms with Gasteiger partial charge in [0.1, 0.15) is 5.69 Å². The van der Waals surface area contributed by atoms with E-state index in [0.29, 0.717) is 11.3 Å². The van der Waals surface area contributed by atoms with Crippen LogP contribution < -0.4 is 10.6 Å². The number of hydrogen-bond acceptors (Lipinski definition) is 5. The van der Waals surface area contributed by atoms with E-state index in [9.17, 15) is 28.1 Å². The Bertz CT molecular complexity index is 823. The molecule has 0 atom stereocenters. The Morgan fingerprint density at radius 3 is 2.41 bits per heavy atom. The van der Waals surface area contributed by atoms with Crippen LogP contribution in [0.5, 0.6) is 0 Å². The van der Waals surface area contributed by atoms with E-state index in [1.807, 2.05) is 0 Å². The normalized spacial score (nSPS) is 11.0. The van der Waals surface area contributed by atoms with Crippen molar-refractivity contribution in [3.05, 3.63) is 63.7 Å². The number of nitro groups is 1. The fourth-order valence-electron chi connectivity index (χ4n) is 2.20. The van der Waals surface area contributed by atoms with Crippen molar-refractivity contribution in [2.24, 2.45) is 0 Å². The Morgan fingerprint density at radius 2 is 1.85 bits per heavy atom. The quantitative estimate of drug-likeness (QED) is 0.552. The maximum absolute atomic E-state index is 12.5. The molecular weight excluding hydrogens is 367 g/mol. The molecule has 7 nitrogen and oxygen atoms in total. The molecule has 0 aliphatic rings. The van der Waals surface area contributed by atoms with E-state index in [4.69, 9.17) is 0 Å². The summed E-state index contributed by atoms with van der Waals surface area (Å²) >= 11 is 0. The Morgan fingerprint density at radius 1 is 1.19 bits per heavy atom. The van der Waals surface area contributed by atoms with Crippen molar-refractivity contribution in [3.63, 3.8) is 0 Å². The van der Waals surface area contributed by atoms with Gasteiger partial charge >= 0.3 is 12.3 Å². The van der Waals surface area contributed by atoms with Crippen LogP contribution >= 0.6 is 0 Å². The zero-order valence-electron chi connectivity index (χ0n) is 14.2. The number of nitro benzene ring substituents is 1. The van der Waals surface area contributed by atoms with E-state index >= 15 is 0 Å². The molecule has 0 unspecified atom stereocenters. The lowest BCUT2D eigenvalue weighted by Gasteiger charge is -2.11. The minimum absolute atomic E-state index is 0.0169. The summed E-state index contributed by atoms with van der Waals surface area (Å²) in [6.45, 7) is 1.87. The predicted octanol–water partition coefficient (Wildman–Crippen LogP) is 4.79. The van der Waals surface area contributed by atoms with Gasteiger partial charge in [-0.15, -0.1) is 0 Å². The first-order valence-electron chi connectivity index (χ1n) is 7.83. The van der Waals surface area contributed by atoms with Crippen LogP contribution in [-0.4, -0.2) is 17.6 Å². The van der Waals surface area contributed by atoms with Crippen molar-refractivity contribution >= 4 is 23.2 Å². The number of carbonyl (C=O) groups excluding carboxylic acids is 1. The van der Waals surface area contributed by atoms with Crippen LogP contribution in [0.3, 0.4) is 0 Å². The molecule has 0 aliphatic heterocycles. The highest BCUT2D eigenvalue weighted by molar-refractivity contribution is 5.87. The highest BCUT2D eigenvalue weighted by Crippen LogP contribution is 2.30. The standard InChI is InChI=1S/C17H16F3N3O4/c1-2-27-16(24)22-14-8-3-11(9-15(14)23(25)26)10-21-13-6-4-12(5-7-13)17(18,19)20/h3-9,21H,2,10H2,1H3,(H,22,24). The summed E-state index contributed by atoms with van der Waals surface area (Å²) in [4.78, 5) is 22.0. The number of nitrogens with one attached hydrogen (secondary N) is 2. The molecule has 0 fully saturated rings. The van der Waals surface area contributed by atoms with E-state index in [0.717, 1.165) is 12.1 Å². The summed E-state index contributed by atoms with van der Waals surface area (Å²) < 4.78 is 42.3. The van der Waals surface area contributed by atoms with Crippen LogP contribution in [0.2, 0.25) is 0 Å². The van der Waals surface area contributed by atoms with Crippen molar-refractivity contribution in [1.29, 1.82) is 0 Å². The van der Waals surface area contributed by atoms with Crippen molar-refractivity contribution in [2.45, 2.75) is 19.6 Å². The van der Waals surface area contributed by atoms with E-state index < -0.39 is 22.8 Å². The lowest BCUT2D eigenvalue weighted by Crippen LogP contribution is -2.14. The van der Waals surface area contributed by atoms with Gasteiger partial charge in [-0.1, -0.05) is 6.07 Å². The van der Waals surface area contributed by atoms with Gasteiger partial charge in [0, 0.05) is 18.3 Å². The van der Waals surface area contributed by atoms with Crippen molar-refractivity contribution in [3.8, 4) is 0 Å². The third-order valence-electron chi connectivity index (χ3n) is 3.48. The monoisotopic (exact) mass is 383 g/mol. The largest absolute Gasteiger partial charge is 0.450 e. The Labute approximate surface area is 152 Å². The van der Waals surface area contributed by atoms with E-state index in [-0.39, 0.29) is 24.5 Å². The first-order valence-corrected chi connectivity index (χ1v) is 7.83. The summed E-state index contributed by atoms with van der Waals surface area (Å²) in [7, 11) is 0. The Balaban J connectivity index is 2.09. The number of benzene rings is 2. The molecule has 0 aromatic heterocycles. The Kier molecular flexibility index (Phi) is 6.22. The molecule has 27 heavy (non-hydrogen) atoms. The molecule has 144 valence electrons. The SMILES string of the molecule is CCOC(=O)Nc1ccc(CNc2ccc(C(F)(F)F)cc2)cc1[N+](=O)[O-]. The highest BCUT2D eigenvalue weighted by atomic mass is 19.4. The zero-order valence-corrected chi connectivity index (χ0v) is 14.2. The number of hydrogen-bond donors (Lipinski definition) is 2. The lowest BCUT2D eigenvalue weighted by molar-refractivity contribution is -0.384. The predicted molar refractivity (Wildman–Crippen MR) is 92.5 cm³/mol. The van der Waals surface area contributed by atoms with Gasteiger partial charge in [-0.2, -0.15) is 13.2 Å². The van der Waals surface area contributed by atoms with Crippen LogP contribution in [0.4, 0.5) is 35.0 Å². The first-order chi connectivity index (χ1) is 12.7. The van der Waals surface area contributed by atoms with Gasteiger partial charge in [-0.05, 0) is 42.8 Å². The summed E-state index contributed by atoms with van der Waals surface area (Å²) in [5.41, 5.74) is -0.167. The molecule has 0 bridgehead atoms. The van der Waals surface area contributed by atoms with Gasteiger partial charge in [0.05, 0.1) is 17.1 Å². The molecule has 0 radical (unpaired) electrons. The molecular formula is C17H16F3N3O4. The second-order valence-electron chi connectivity index (χ2n) is 5.38. The van der Waals surface area contributed by atoms with E-state index in [2.05, 4.69) is 15.4 Å². The van der Waals surface area contributed by atoms with Gasteiger partial charge < -0.3 is 10.1 Å². The Hall–Kier alpha value is -3.30. The van der Waals surface area contributed by atoms with Gasteiger partial charge in [0.2, 0.25) is 0 Å². The number of rotatable bonds is 6. The van der Waals surface area contributed by atoms with Crippen molar-refractivity contribution in [2.75, 3.05) is 17.2 Å². The van der Waals surface area contributed by atoms with Crippen LogP contribution in [0.25, 0.3) is 0 Å². The van der Waals surface area contributed by atoms with Crippen LogP contribution in [0.1, 0.15) is 18.1 Å². The number of anilines is 2. The summed E-state index contributed by atoms with van der Waals surface area (Å²) in [5, 5.41) is 16.4. The number of carbonyl (C=O) groups is 1. The topological polar surface area (TPSA) is 93.5 Å². The minimum atomic E-state index is -4.42. The van der Waals surface area contributed by atoms with Gasteiger partial charge in [0.25, 0.3) is 5.69 Å². The molecule has 10 heteroatoms. The molecule has 2 rings (SSSR count).